The van der Waals surface area contributed by atoms with E-state index in [0.717, 1.165) is 4.47 Å². The minimum Gasteiger partial charge on any atom is -0.463 e. The van der Waals surface area contributed by atoms with E-state index in [0.29, 0.717) is 10.6 Å². The summed E-state index contributed by atoms with van der Waals surface area (Å²) in [6.45, 7) is 3.62. The number of amides is 1. The third-order valence-corrected chi connectivity index (χ3v) is 4.84. The number of esters is 1. The van der Waals surface area contributed by atoms with Crippen LogP contribution in [0.1, 0.15) is 24.2 Å². The lowest BCUT2D eigenvalue weighted by atomic mass is 10.1. The molecule has 1 heterocycles. The van der Waals surface area contributed by atoms with E-state index in [1.165, 1.54) is 22.7 Å². The first kappa shape index (κ1) is 17.7. The van der Waals surface area contributed by atoms with Gasteiger partial charge in [-0.3, -0.25) is 14.5 Å². The highest BCUT2D eigenvalue weighted by molar-refractivity contribution is 9.10. The fourth-order valence-corrected chi connectivity index (χ4v) is 3.35. The zero-order chi connectivity index (χ0) is 17.0. The SMILES string of the molecule is CCOC(=O)/C=C1/SC(C)C(=O)N1CC(=O)c1ccc(Br)cc1. The topological polar surface area (TPSA) is 63.7 Å². The van der Waals surface area contributed by atoms with Crippen molar-refractivity contribution in [1.29, 1.82) is 0 Å². The van der Waals surface area contributed by atoms with E-state index in [-0.39, 0.29) is 30.1 Å². The third-order valence-electron chi connectivity index (χ3n) is 3.17. The van der Waals surface area contributed by atoms with Gasteiger partial charge in [0.25, 0.3) is 0 Å². The number of ketones is 1. The summed E-state index contributed by atoms with van der Waals surface area (Å²) < 4.78 is 5.74. The maximum Gasteiger partial charge on any atom is 0.333 e. The van der Waals surface area contributed by atoms with Crippen molar-refractivity contribution in [2.24, 2.45) is 0 Å². The number of hydrogen-bond donors (Lipinski definition) is 0. The van der Waals surface area contributed by atoms with Crippen LogP contribution in [0.25, 0.3) is 0 Å². The highest BCUT2D eigenvalue weighted by atomic mass is 79.9. The Balaban J connectivity index is 2.17. The fraction of sp³-hybridized carbons (Fsp3) is 0.312. The number of carbonyl (C=O) groups is 3. The molecule has 2 rings (SSSR count). The zero-order valence-electron chi connectivity index (χ0n) is 12.7. The average molecular weight is 398 g/mol. The summed E-state index contributed by atoms with van der Waals surface area (Å²) in [5.74, 6) is -0.885. The van der Waals surface area contributed by atoms with Crippen LogP contribution in [0.5, 0.6) is 0 Å². The van der Waals surface area contributed by atoms with Crippen molar-refractivity contribution in [2.75, 3.05) is 13.2 Å². The lowest BCUT2D eigenvalue weighted by Crippen LogP contribution is -2.33. The normalized spacial score (nSPS) is 19.3. The number of carbonyl (C=O) groups excluding carboxylic acids is 3. The molecule has 0 bridgehead atoms. The molecule has 0 saturated carbocycles. The summed E-state index contributed by atoms with van der Waals surface area (Å²) in [5, 5.41) is 0.125. The molecule has 1 atom stereocenters. The second-order valence-corrected chi connectivity index (χ2v) is 7.13. The van der Waals surface area contributed by atoms with E-state index in [2.05, 4.69) is 15.9 Å². The molecular formula is C16H16BrNO4S. The van der Waals surface area contributed by atoms with Gasteiger partial charge in [-0.05, 0) is 26.0 Å². The molecule has 1 amide bonds. The maximum atomic E-state index is 12.4. The Morgan fingerprint density at radius 2 is 2.00 bits per heavy atom. The van der Waals surface area contributed by atoms with Crippen molar-refractivity contribution in [3.05, 3.63) is 45.4 Å². The molecule has 1 aliphatic heterocycles. The molecule has 0 aromatic heterocycles. The predicted molar refractivity (Wildman–Crippen MR) is 92.0 cm³/mol. The highest BCUT2D eigenvalue weighted by Gasteiger charge is 2.35. The third kappa shape index (κ3) is 4.45. The molecule has 1 aromatic carbocycles. The minimum atomic E-state index is -0.516. The van der Waals surface area contributed by atoms with Crippen LogP contribution in [-0.4, -0.2) is 41.0 Å². The van der Waals surface area contributed by atoms with Crippen molar-refractivity contribution in [1.82, 2.24) is 4.90 Å². The number of halogens is 1. The molecule has 0 spiro atoms. The number of benzene rings is 1. The van der Waals surface area contributed by atoms with Crippen LogP contribution in [0, 0.1) is 0 Å². The monoisotopic (exact) mass is 397 g/mol. The van der Waals surface area contributed by atoms with Crippen molar-refractivity contribution < 1.29 is 19.1 Å². The van der Waals surface area contributed by atoms with Gasteiger partial charge in [-0.2, -0.15) is 0 Å². The smallest absolute Gasteiger partial charge is 0.333 e. The fourth-order valence-electron chi connectivity index (χ4n) is 2.05. The Hall–Kier alpha value is -1.60. The van der Waals surface area contributed by atoms with E-state index in [1.807, 2.05) is 0 Å². The van der Waals surface area contributed by atoms with Gasteiger partial charge in [-0.15, -0.1) is 0 Å². The molecule has 0 N–H and O–H groups in total. The van der Waals surface area contributed by atoms with Crippen molar-refractivity contribution in [3.8, 4) is 0 Å². The number of Topliss-reactive ketones (excluding diaryl/α,β-unsaturated/α-hetero) is 1. The van der Waals surface area contributed by atoms with Gasteiger partial charge < -0.3 is 4.74 Å². The summed E-state index contributed by atoms with van der Waals surface area (Å²) in [6.07, 6.45) is 1.27. The highest BCUT2D eigenvalue weighted by Crippen LogP contribution is 2.34. The minimum absolute atomic E-state index is 0.0942. The Morgan fingerprint density at radius 1 is 1.35 bits per heavy atom. The molecule has 0 aliphatic carbocycles. The van der Waals surface area contributed by atoms with Gasteiger partial charge >= 0.3 is 5.97 Å². The number of hydrogen-bond acceptors (Lipinski definition) is 5. The molecule has 1 fully saturated rings. The van der Waals surface area contributed by atoms with E-state index in [9.17, 15) is 14.4 Å². The van der Waals surface area contributed by atoms with E-state index < -0.39 is 5.97 Å². The molecule has 1 aliphatic rings. The lowest BCUT2D eigenvalue weighted by Gasteiger charge is -2.16. The first-order valence-electron chi connectivity index (χ1n) is 7.07. The van der Waals surface area contributed by atoms with Crippen molar-refractivity contribution >= 4 is 45.4 Å². The second kappa shape index (κ2) is 7.79. The quantitative estimate of drug-likeness (QED) is 0.434. The van der Waals surface area contributed by atoms with Crippen LogP contribution >= 0.6 is 27.7 Å². The number of nitrogens with zero attached hydrogens (tertiary/aromatic N) is 1. The zero-order valence-corrected chi connectivity index (χ0v) is 15.1. The number of ether oxygens (including phenoxy) is 1. The van der Waals surface area contributed by atoms with Gasteiger partial charge in [0.1, 0.15) is 0 Å². The maximum absolute atomic E-state index is 12.4. The van der Waals surface area contributed by atoms with E-state index in [4.69, 9.17) is 4.74 Å². The first-order valence-corrected chi connectivity index (χ1v) is 8.75. The van der Waals surface area contributed by atoms with Crippen molar-refractivity contribution in [2.45, 2.75) is 19.1 Å². The van der Waals surface area contributed by atoms with Crippen LogP contribution < -0.4 is 0 Å². The van der Waals surface area contributed by atoms with E-state index >= 15 is 0 Å². The van der Waals surface area contributed by atoms with Crippen LogP contribution in [0.15, 0.2) is 39.8 Å². The number of rotatable bonds is 5. The summed E-state index contributed by atoms with van der Waals surface area (Å²) >= 11 is 4.56. The Morgan fingerprint density at radius 3 is 2.61 bits per heavy atom. The summed E-state index contributed by atoms with van der Waals surface area (Å²) in [7, 11) is 0. The van der Waals surface area contributed by atoms with Crippen LogP contribution in [0.2, 0.25) is 0 Å². The van der Waals surface area contributed by atoms with Gasteiger partial charge in [-0.1, -0.05) is 39.8 Å². The molecule has 1 aromatic rings. The van der Waals surface area contributed by atoms with Gasteiger partial charge in [0.15, 0.2) is 5.78 Å². The van der Waals surface area contributed by atoms with Gasteiger partial charge in [0.2, 0.25) is 5.91 Å². The van der Waals surface area contributed by atoms with Crippen LogP contribution in [0.4, 0.5) is 0 Å². The average Bonchev–Trinajstić information content (AvgIpc) is 2.75. The van der Waals surface area contributed by atoms with Gasteiger partial charge in [0.05, 0.1) is 29.5 Å². The Labute approximate surface area is 147 Å². The molecule has 0 radical (unpaired) electrons. The Kier molecular flexibility index (Phi) is 6.01. The molecule has 122 valence electrons. The van der Waals surface area contributed by atoms with Gasteiger partial charge in [0, 0.05) is 10.0 Å². The van der Waals surface area contributed by atoms with Crippen LogP contribution in [-0.2, 0) is 14.3 Å². The molecule has 5 nitrogen and oxygen atoms in total. The summed E-state index contributed by atoms with van der Waals surface area (Å²) in [6, 6.07) is 6.92. The largest absolute Gasteiger partial charge is 0.463 e. The summed E-state index contributed by atoms with van der Waals surface area (Å²) in [4.78, 5) is 37.5. The lowest BCUT2D eigenvalue weighted by molar-refractivity contribution is -0.137. The molecule has 1 saturated heterocycles. The Bertz CT molecular complexity index is 657. The standard InChI is InChI=1S/C16H16BrNO4S/c1-3-22-15(20)8-14-18(16(21)10(2)23-14)9-13(19)11-4-6-12(17)7-5-11/h4-8,10H,3,9H2,1-2H3/b14-8+. The van der Waals surface area contributed by atoms with Crippen LogP contribution in [0.3, 0.4) is 0 Å². The van der Waals surface area contributed by atoms with E-state index in [1.54, 1.807) is 38.1 Å². The first-order chi connectivity index (χ1) is 10.9. The second-order valence-electron chi connectivity index (χ2n) is 4.85. The molecular weight excluding hydrogens is 382 g/mol. The van der Waals surface area contributed by atoms with Gasteiger partial charge in [-0.25, -0.2) is 4.79 Å². The summed E-state index contributed by atoms with van der Waals surface area (Å²) in [5.41, 5.74) is 0.515. The van der Waals surface area contributed by atoms with Crippen molar-refractivity contribution in [3.63, 3.8) is 0 Å². The molecule has 7 heteroatoms. The number of thioether (sulfide) groups is 1. The molecule has 23 heavy (non-hydrogen) atoms. The predicted octanol–water partition coefficient (Wildman–Crippen LogP) is 3.00. The molecule has 1 unspecified atom stereocenters.